The molecule has 2 aromatic carbocycles. The lowest BCUT2D eigenvalue weighted by molar-refractivity contribution is -0.386. The molecule has 23 heteroatoms. The molecule has 0 fully saturated rings. The molecule has 0 amide bonds. The molecule has 0 radical (unpaired) electrons. The molecule has 0 bridgehead atoms. The van der Waals surface area contributed by atoms with E-state index in [4.69, 9.17) is 126 Å². The molecule has 0 aliphatic heterocycles. The number of hydrogen-bond acceptors (Lipinski definition) is 13. The summed E-state index contributed by atoms with van der Waals surface area (Å²) >= 11 is 50.1. The summed E-state index contributed by atoms with van der Waals surface area (Å²) in [5.74, 6) is 0.163. The van der Waals surface area contributed by atoms with Crippen molar-refractivity contribution in [3.05, 3.63) is 121 Å². The third kappa shape index (κ3) is 17.4. The molecular formula is C42H42Cl8N4O11. The Bertz CT molecular complexity index is 2100. The lowest BCUT2D eigenvalue weighted by Gasteiger charge is -2.23. The predicted molar refractivity (Wildman–Crippen MR) is 253 cm³/mol. The molecule has 2 unspecified atom stereocenters. The fourth-order valence-corrected chi connectivity index (χ4v) is 7.36. The Morgan fingerprint density at radius 3 is 1.29 bits per heavy atom. The number of halogens is 8. The van der Waals surface area contributed by atoms with Crippen molar-refractivity contribution in [1.82, 2.24) is 9.97 Å². The van der Waals surface area contributed by atoms with Crippen LogP contribution in [-0.2, 0) is 4.74 Å². The summed E-state index contributed by atoms with van der Waals surface area (Å²) < 4.78 is 41.5. The van der Waals surface area contributed by atoms with Crippen molar-refractivity contribution in [2.24, 2.45) is 0 Å². The Morgan fingerprint density at radius 2 is 0.969 bits per heavy atom. The molecule has 0 spiro atoms. The Balaban J connectivity index is 1.63. The summed E-state index contributed by atoms with van der Waals surface area (Å²) in [5.41, 5.74) is 0.00854. The maximum absolute atomic E-state index is 11.8. The zero-order valence-electron chi connectivity index (χ0n) is 34.7. The summed E-state index contributed by atoms with van der Waals surface area (Å²) in [4.78, 5) is 31.0. The van der Waals surface area contributed by atoms with Crippen molar-refractivity contribution in [2.75, 3.05) is 39.6 Å². The number of benzene rings is 2. The van der Waals surface area contributed by atoms with Crippen LogP contribution in [0.15, 0.2) is 69.7 Å². The quantitative estimate of drug-likeness (QED) is 0.0298. The van der Waals surface area contributed by atoms with Gasteiger partial charge in [-0.15, -0.1) is 0 Å². The Morgan fingerprint density at radius 1 is 0.600 bits per heavy atom. The average molecular weight is 1060 g/mol. The summed E-state index contributed by atoms with van der Waals surface area (Å²) in [5, 5.41) is 24.2. The number of nitrogens with zero attached hydrogens (tertiary/aromatic N) is 4. The fourth-order valence-electron chi connectivity index (χ4n) is 5.68. The molecule has 0 saturated heterocycles. The van der Waals surface area contributed by atoms with Gasteiger partial charge in [-0.25, -0.2) is 0 Å². The lowest BCUT2D eigenvalue weighted by atomic mass is 10.1. The molecule has 352 valence electrons. The van der Waals surface area contributed by atoms with E-state index in [-0.39, 0.29) is 116 Å². The van der Waals surface area contributed by atoms with Crippen LogP contribution in [0.1, 0.15) is 75.7 Å². The summed E-state index contributed by atoms with van der Waals surface area (Å²) in [6.45, 7) is 4.43. The zero-order valence-corrected chi connectivity index (χ0v) is 40.8. The Hall–Kier alpha value is -3.90. The number of ether oxygens (including phenoxy) is 7. The number of rotatable bonds is 28. The lowest BCUT2D eigenvalue weighted by Crippen LogP contribution is -2.16. The molecule has 2 aromatic heterocycles. The van der Waals surface area contributed by atoms with Gasteiger partial charge in [0.15, 0.2) is 0 Å². The molecule has 4 rings (SSSR count). The van der Waals surface area contributed by atoms with Crippen molar-refractivity contribution in [1.29, 1.82) is 0 Å². The highest BCUT2D eigenvalue weighted by molar-refractivity contribution is 6.56. The molecule has 15 nitrogen and oxygen atoms in total. The number of aromatic nitrogens is 2. The minimum atomic E-state index is -0.930. The van der Waals surface area contributed by atoms with Crippen LogP contribution >= 0.6 is 92.8 Å². The molecular weight excluding hydrogens is 1020 g/mol. The molecule has 2 atom stereocenters. The Kier molecular flexibility index (Phi) is 22.9. The topological polar surface area (TPSA) is 177 Å². The van der Waals surface area contributed by atoms with Gasteiger partial charge in [0.05, 0.1) is 56.4 Å². The molecule has 0 N–H and O–H groups in total. The van der Waals surface area contributed by atoms with Gasteiger partial charge in [-0.1, -0.05) is 119 Å². The largest absolute Gasteiger partial charge is 0.489 e. The van der Waals surface area contributed by atoms with Crippen molar-refractivity contribution >= 4 is 104 Å². The van der Waals surface area contributed by atoms with Crippen molar-refractivity contribution < 1.29 is 43.0 Å². The molecule has 4 aromatic rings. The normalized spacial score (nSPS) is 11.8. The average Bonchev–Trinajstić information content (AvgIpc) is 3.22. The predicted octanol–water partition coefficient (Wildman–Crippen LogP) is 14.4. The van der Waals surface area contributed by atoms with E-state index in [2.05, 4.69) is 9.97 Å². The van der Waals surface area contributed by atoms with Gasteiger partial charge in [-0.3, -0.25) is 20.2 Å². The molecule has 0 saturated carbocycles. The van der Waals surface area contributed by atoms with Gasteiger partial charge in [-0.05, 0) is 49.3 Å². The molecule has 0 aliphatic carbocycles. The maximum Gasteiger partial charge on any atom is 0.331 e. The van der Waals surface area contributed by atoms with E-state index in [1.807, 2.05) is 13.8 Å². The van der Waals surface area contributed by atoms with Gasteiger partial charge in [0, 0.05) is 48.2 Å². The smallest absolute Gasteiger partial charge is 0.331 e. The minimum absolute atomic E-state index is 0.0120. The van der Waals surface area contributed by atoms with Gasteiger partial charge in [0.1, 0.15) is 45.9 Å². The van der Waals surface area contributed by atoms with Crippen LogP contribution in [0.4, 0.5) is 11.4 Å². The molecule has 0 aliphatic rings. The second-order valence-electron chi connectivity index (χ2n) is 13.5. The first kappa shape index (κ1) is 53.7. The first-order valence-electron chi connectivity index (χ1n) is 19.8. The van der Waals surface area contributed by atoms with Gasteiger partial charge >= 0.3 is 11.4 Å². The maximum atomic E-state index is 11.8. The van der Waals surface area contributed by atoms with Crippen LogP contribution in [-0.4, -0.2) is 59.5 Å². The van der Waals surface area contributed by atoms with Gasteiger partial charge in [0.25, 0.3) is 11.8 Å². The number of pyridine rings is 2. The van der Waals surface area contributed by atoms with Crippen LogP contribution in [0.5, 0.6) is 35.0 Å². The highest BCUT2D eigenvalue weighted by atomic mass is 35.5. The van der Waals surface area contributed by atoms with Crippen LogP contribution in [0, 0.1) is 20.2 Å². The second kappa shape index (κ2) is 27.7. The fraction of sp³-hybridized carbons (Fsp3) is 0.381. The van der Waals surface area contributed by atoms with Crippen molar-refractivity contribution in [3.63, 3.8) is 0 Å². The SMILES string of the molecule is CCCCOc1nc(OC(CCOCCC(Oc2ccc([N+](=O)[O-])c(OCCCC)n2)c2c(Cl)cc(OCC=C(Cl)Cl)cc2Cl)c2c(Cl)cc(OCC=C(Cl)Cl)cc2Cl)ccc1[N+](=O)[O-]. The summed E-state index contributed by atoms with van der Waals surface area (Å²) in [7, 11) is 0. The van der Waals surface area contributed by atoms with Crippen LogP contribution in [0.3, 0.4) is 0 Å². The van der Waals surface area contributed by atoms with E-state index in [0.717, 1.165) is 12.8 Å². The molecule has 2 heterocycles. The highest BCUT2D eigenvalue weighted by Gasteiger charge is 2.27. The van der Waals surface area contributed by atoms with E-state index in [1.54, 1.807) is 0 Å². The summed E-state index contributed by atoms with van der Waals surface area (Å²) in [6, 6.07) is 11.2. The van der Waals surface area contributed by atoms with Crippen LogP contribution < -0.4 is 28.4 Å². The van der Waals surface area contributed by atoms with Crippen LogP contribution in [0.25, 0.3) is 0 Å². The standard InChI is InChI=1S/C42H42Cl8N4O11/c1-3-5-15-62-41-31(53(55)56)7-9-37(51-41)64-33(39-27(43)21-25(22-28(39)44)60-19-13-35(47)48)11-17-59-18-12-34(40-29(45)23-26(24-30(40)46)61-20-14-36(49)50)65-38-10-8-32(54(57)58)42(52-38)63-16-6-4-2/h7-10,13-14,21-24,33-34H,3-6,11-12,15-20H2,1-2H3. The zero-order chi connectivity index (χ0) is 47.5. The number of nitro groups is 2. The monoisotopic (exact) mass is 1060 g/mol. The van der Waals surface area contributed by atoms with E-state index in [9.17, 15) is 20.2 Å². The summed E-state index contributed by atoms with van der Waals surface area (Å²) in [6.07, 6.45) is 4.12. The van der Waals surface area contributed by atoms with Gasteiger partial charge in [0.2, 0.25) is 11.8 Å². The van der Waals surface area contributed by atoms with E-state index >= 15 is 0 Å². The first-order valence-corrected chi connectivity index (χ1v) is 22.9. The van der Waals surface area contributed by atoms with Gasteiger partial charge in [-0.2, -0.15) is 9.97 Å². The van der Waals surface area contributed by atoms with Gasteiger partial charge < -0.3 is 33.2 Å². The Labute approximate surface area is 414 Å². The second-order valence-corrected chi connectivity index (χ2v) is 17.1. The first-order chi connectivity index (χ1) is 31.1. The van der Waals surface area contributed by atoms with Crippen LogP contribution in [0.2, 0.25) is 20.1 Å². The third-order valence-corrected chi connectivity index (χ3v) is 10.7. The van der Waals surface area contributed by atoms with E-state index in [0.29, 0.717) is 35.5 Å². The number of unbranched alkanes of at least 4 members (excludes halogenated alkanes) is 2. The minimum Gasteiger partial charge on any atom is -0.489 e. The third-order valence-electron chi connectivity index (χ3n) is 8.80. The molecule has 65 heavy (non-hydrogen) atoms. The van der Waals surface area contributed by atoms with E-state index in [1.165, 1.54) is 60.7 Å². The van der Waals surface area contributed by atoms with Crippen molar-refractivity contribution in [2.45, 2.75) is 64.6 Å². The number of hydrogen-bond donors (Lipinski definition) is 0. The van der Waals surface area contributed by atoms with E-state index < -0.39 is 22.1 Å². The van der Waals surface area contributed by atoms with Crippen molar-refractivity contribution in [3.8, 4) is 35.0 Å². The highest BCUT2D eigenvalue weighted by Crippen LogP contribution is 2.41.